The first-order chi connectivity index (χ1) is 11.0. The van der Waals surface area contributed by atoms with Gasteiger partial charge < -0.3 is 14.3 Å². The number of esters is 1. The van der Waals surface area contributed by atoms with Gasteiger partial charge in [0.05, 0.1) is 20.1 Å². The number of thiophene rings is 1. The Kier molecular flexibility index (Phi) is 6.23. The number of carbonyl (C=O) groups is 1. The summed E-state index contributed by atoms with van der Waals surface area (Å²) in [5.74, 6) is -0.711. The molecule has 0 spiro atoms. The quantitative estimate of drug-likeness (QED) is 0.540. The molecular formula is C18H29NO3S. The molecule has 1 saturated carbocycles. The average Bonchev–Trinajstić information content (AvgIpc) is 3.26. The van der Waals surface area contributed by atoms with Crippen molar-refractivity contribution in [3.63, 3.8) is 0 Å². The highest BCUT2D eigenvalue weighted by Gasteiger charge is 2.40. The first kappa shape index (κ1) is 18.4. The molecule has 1 unspecified atom stereocenters. The van der Waals surface area contributed by atoms with Gasteiger partial charge in [0, 0.05) is 10.5 Å². The van der Waals surface area contributed by atoms with Gasteiger partial charge in [-0.25, -0.2) is 0 Å². The Hall–Kier alpha value is -0.910. The third kappa shape index (κ3) is 3.95. The molecule has 0 bridgehead atoms. The van der Waals surface area contributed by atoms with Gasteiger partial charge in [0.2, 0.25) is 0 Å². The van der Waals surface area contributed by atoms with E-state index in [1.165, 1.54) is 11.3 Å². The molecule has 0 aromatic carbocycles. The predicted octanol–water partition coefficient (Wildman–Crippen LogP) is 2.52. The molecule has 0 aliphatic heterocycles. The van der Waals surface area contributed by atoms with Gasteiger partial charge in [0.1, 0.15) is 13.2 Å². The smallest absolute Gasteiger partial charge is 0.301 e. The zero-order chi connectivity index (χ0) is 16.9. The maximum Gasteiger partial charge on any atom is 0.301 e. The highest BCUT2D eigenvalue weighted by atomic mass is 32.1. The third-order valence-electron chi connectivity index (χ3n) is 5.51. The van der Waals surface area contributed by atoms with Gasteiger partial charge >= 0.3 is 5.97 Å². The molecule has 1 aromatic rings. The lowest BCUT2D eigenvalue weighted by atomic mass is 9.84. The van der Waals surface area contributed by atoms with Crippen molar-refractivity contribution in [1.29, 1.82) is 0 Å². The highest BCUT2D eigenvalue weighted by molar-refractivity contribution is 7.10. The molecule has 1 aliphatic carbocycles. The second-order valence-corrected chi connectivity index (χ2v) is 7.75. The number of nitrogens with zero attached hydrogens (tertiary/aromatic N) is 1. The largest absolute Gasteiger partial charge is 0.837 e. The maximum absolute atomic E-state index is 13.5. The van der Waals surface area contributed by atoms with E-state index in [0.29, 0.717) is 11.5 Å². The van der Waals surface area contributed by atoms with Crippen LogP contribution in [0.5, 0.6) is 0 Å². The number of carbonyl (C=O) groups excluding carboxylic acids is 1. The minimum Gasteiger partial charge on any atom is -0.837 e. The number of quaternary nitrogens is 1. The van der Waals surface area contributed by atoms with Gasteiger partial charge in [0.25, 0.3) is 0 Å². The van der Waals surface area contributed by atoms with Crippen LogP contribution in [0.4, 0.5) is 0 Å². The van der Waals surface area contributed by atoms with Crippen molar-refractivity contribution < 1.29 is 19.1 Å². The second kappa shape index (κ2) is 7.77. The molecule has 1 aliphatic rings. The molecule has 23 heavy (non-hydrogen) atoms. The van der Waals surface area contributed by atoms with E-state index in [0.717, 1.165) is 49.8 Å². The normalized spacial score (nSPS) is 18.8. The number of ether oxygens (including phenoxy) is 1. The number of hydrogen-bond acceptors (Lipinski definition) is 4. The van der Waals surface area contributed by atoms with Crippen LogP contribution < -0.4 is 5.11 Å². The maximum atomic E-state index is 13.5. The molecule has 1 heterocycles. The fourth-order valence-corrected chi connectivity index (χ4v) is 4.18. The Morgan fingerprint density at radius 3 is 2.57 bits per heavy atom. The van der Waals surface area contributed by atoms with Gasteiger partial charge in [0.15, 0.2) is 0 Å². The molecule has 4 nitrogen and oxygen atoms in total. The summed E-state index contributed by atoms with van der Waals surface area (Å²) in [6.45, 7) is 7.32. The average molecular weight is 340 g/mol. The minimum absolute atomic E-state index is 0.133. The summed E-state index contributed by atoms with van der Waals surface area (Å²) in [4.78, 5) is 13.3. The van der Waals surface area contributed by atoms with Gasteiger partial charge in [-0.2, -0.15) is 0 Å². The van der Waals surface area contributed by atoms with E-state index >= 15 is 0 Å². The summed E-state index contributed by atoms with van der Waals surface area (Å²) in [6, 6.07) is 3.63. The van der Waals surface area contributed by atoms with Crippen LogP contribution in [0.3, 0.4) is 0 Å². The van der Waals surface area contributed by atoms with E-state index in [1.807, 2.05) is 11.4 Å². The standard InChI is InChI=1S/C18H29NO3S/c1-4-19(3,5-2)12-13-22-17(20)18(21,15-9-6-7-10-15)16-11-8-14-23-16/h8,11,14-15H,4-7,9-10,12-13H2,1-3H3. The van der Waals surface area contributed by atoms with Crippen LogP contribution in [0.2, 0.25) is 0 Å². The van der Waals surface area contributed by atoms with Gasteiger partial charge in [-0.3, -0.25) is 4.79 Å². The van der Waals surface area contributed by atoms with Crippen LogP contribution in [-0.2, 0) is 15.1 Å². The molecule has 0 amide bonds. The fourth-order valence-electron chi connectivity index (χ4n) is 3.30. The molecule has 0 saturated heterocycles. The van der Waals surface area contributed by atoms with Gasteiger partial charge in [-0.1, -0.05) is 31.7 Å². The second-order valence-electron chi connectivity index (χ2n) is 6.81. The van der Waals surface area contributed by atoms with Crippen molar-refractivity contribution >= 4 is 17.3 Å². The van der Waals surface area contributed by atoms with Crippen LogP contribution in [0.1, 0.15) is 44.4 Å². The summed E-state index contributed by atoms with van der Waals surface area (Å²) < 4.78 is 6.33. The van der Waals surface area contributed by atoms with E-state index in [1.54, 1.807) is 6.07 Å². The van der Waals surface area contributed by atoms with Crippen molar-refractivity contribution in [3.8, 4) is 0 Å². The van der Waals surface area contributed by atoms with Gasteiger partial charge in [-0.05, 0) is 31.2 Å². The SMILES string of the molecule is CC[N+](C)(CC)CCOC(=O)C([O-])(c1cccs1)C1CCCC1. The first-order valence-electron chi connectivity index (χ1n) is 8.71. The van der Waals surface area contributed by atoms with Gasteiger partial charge in [-0.15, -0.1) is 11.3 Å². The molecule has 0 N–H and O–H groups in total. The predicted molar refractivity (Wildman–Crippen MR) is 91.0 cm³/mol. The minimum atomic E-state index is -1.72. The summed E-state index contributed by atoms with van der Waals surface area (Å²) in [7, 11) is 2.15. The third-order valence-corrected chi connectivity index (χ3v) is 6.50. The first-order valence-corrected chi connectivity index (χ1v) is 9.59. The van der Waals surface area contributed by atoms with Crippen molar-refractivity contribution in [3.05, 3.63) is 22.4 Å². The summed E-state index contributed by atoms with van der Waals surface area (Å²) in [5, 5.41) is 15.4. The summed E-state index contributed by atoms with van der Waals surface area (Å²) >= 11 is 1.38. The summed E-state index contributed by atoms with van der Waals surface area (Å²) in [5.41, 5.74) is -1.72. The number of rotatable bonds is 8. The Morgan fingerprint density at radius 1 is 1.39 bits per heavy atom. The van der Waals surface area contributed by atoms with E-state index in [2.05, 4.69) is 20.9 Å². The zero-order valence-electron chi connectivity index (χ0n) is 14.5. The van der Waals surface area contributed by atoms with E-state index < -0.39 is 11.6 Å². The monoisotopic (exact) mass is 339 g/mol. The number of likely N-dealkylation sites (N-methyl/N-ethyl adjacent to an activating group) is 1. The Balaban J connectivity index is 2.06. The Labute approximate surface area is 143 Å². The summed E-state index contributed by atoms with van der Waals surface area (Å²) in [6.07, 6.45) is 3.73. The van der Waals surface area contributed by atoms with Crippen LogP contribution in [-0.4, -0.2) is 43.7 Å². The molecule has 130 valence electrons. The van der Waals surface area contributed by atoms with Crippen molar-refractivity contribution in [2.75, 3.05) is 33.3 Å². The number of hydrogen-bond donors (Lipinski definition) is 0. The van der Waals surface area contributed by atoms with Crippen molar-refractivity contribution in [1.82, 2.24) is 0 Å². The lowest BCUT2D eigenvalue weighted by molar-refractivity contribution is -0.906. The lowest BCUT2D eigenvalue weighted by Crippen LogP contribution is -2.54. The van der Waals surface area contributed by atoms with Crippen LogP contribution in [0, 0.1) is 5.92 Å². The van der Waals surface area contributed by atoms with Crippen molar-refractivity contribution in [2.45, 2.75) is 45.1 Å². The molecule has 1 atom stereocenters. The molecule has 1 aromatic heterocycles. The fraction of sp³-hybridized carbons (Fsp3) is 0.722. The lowest BCUT2D eigenvalue weighted by Gasteiger charge is -2.42. The van der Waals surface area contributed by atoms with E-state index in [4.69, 9.17) is 4.74 Å². The Bertz CT molecular complexity index is 492. The van der Waals surface area contributed by atoms with E-state index in [9.17, 15) is 9.90 Å². The molecule has 0 radical (unpaired) electrons. The van der Waals surface area contributed by atoms with E-state index in [-0.39, 0.29) is 5.92 Å². The molecule has 1 fully saturated rings. The van der Waals surface area contributed by atoms with Crippen LogP contribution in [0.25, 0.3) is 0 Å². The molecular weight excluding hydrogens is 310 g/mol. The molecule has 5 heteroatoms. The van der Waals surface area contributed by atoms with Crippen LogP contribution in [0.15, 0.2) is 17.5 Å². The van der Waals surface area contributed by atoms with Crippen LogP contribution >= 0.6 is 11.3 Å². The van der Waals surface area contributed by atoms with Crippen molar-refractivity contribution in [2.24, 2.45) is 5.92 Å². The molecule has 2 rings (SSSR count). The zero-order valence-corrected chi connectivity index (χ0v) is 15.4. The Morgan fingerprint density at radius 2 is 2.04 bits per heavy atom. The topological polar surface area (TPSA) is 49.4 Å². The highest BCUT2D eigenvalue weighted by Crippen LogP contribution is 2.41.